The highest BCUT2D eigenvalue weighted by Gasteiger charge is 2.25. The largest absolute Gasteiger partial charge is 0.497 e. The van der Waals surface area contributed by atoms with Crippen LogP contribution in [0.15, 0.2) is 18.2 Å². The van der Waals surface area contributed by atoms with Gasteiger partial charge in [0.25, 0.3) is 0 Å². The Morgan fingerprint density at radius 1 is 1.11 bits per heavy atom. The molecule has 1 saturated heterocycles. The summed E-state index contributed by atoms with van der Waals surface area (Å²) in [6.07, 6.45) is 0. The summed E-state index contributed by atoms with van der Waals surface area (Å²) in [6, 6.07) is 5.09. The van der Waals surface area contributed by atoms with E-state index in [1.165, 1.54) is 19.1 Å². The van der Waals surface area contributed by atoms with E-state index in [-0.39, 0.29) is 24.9 Å². The molecule has 1 fully saturated rings. The number of carbonyl (C=O) groups is 2. The van der Waals surface area contributed by atoms with Crippen molar-refractivity contribution in [3.05, 3.63) is 18.2 Å². The van der Waals surface area contributed by atoms with Crippen LogP contribution < -0.4 is 19.7 Å². The van der Waals surface area contributed by atoms with Crippen LogP contribution in [0.2, 0.25) is 0 Å². The lowest BCUT2D eigenvalue weighted by atomic mass is 10.2. The van der Waals surface area contributed by atoms with Gasteiger partial charge in [0.2, 0.25) is 11.8 Å². The van der Waals surface area contributed by atoms with Crippen molar-refractivity contribution in [2.45, 2.75) is 0 Å². The number of nitrogens with zero attached hydrogens (tertiary/aromatic N) is 1. The van der Waals surface area contributed by atoms with E-state index in [9.17, 15) is 9.59 Å². The van der Waals surface area contributed by atoms with E-state index in [2.05, 4.69) is 5.32 Å². The molecular formula is C12H14N2O4. The van der Waals surface area contributed by atoms with Gasteiger partial charge in [0.1, 0.15) is 18.0 Å². The van der Waals surface area contributed by atoms with Crippen molar-refractivity contribution < 1.29 is 19.1 Å². The Labute approximate surface area is 104 Å². The summed E-state index contributed by atoms with van der Waals surface area (Å²) < 4.78 is 10.3. The maximum Gasteiger partial charge on any atom is 0.246 e. The first-order valence-electron chi connectivity index (χ1n) is 5.44. The Hall–Kier alpha value is -2.24. The summed E-state index contributed by atoms with van der Waals surface area (Å²) >= 11 is 0. The van der Waals surface area contributed by atoms with E-state index in [1.807, 2.05) is 0 Å². The van der Waals surface area contributed by atoms with Gasteiger partial charge in [-0.05, 0) is 0 Å². The van der Waals surface area contributed by atoms with Gasteiger partial charge in [0.05, 0.1) is 26.5 Å². The van der Waals surface area contributed by atoms with Crippen LogP contribution in [0.4, 0.5) is 5.69 Å². The van der Waals surface area contributed by atoms with Crippen LogP contribution in [0.3, 0.4) is 0 Å². The minimum absolute atomic E-state index is 0.00908. The van der Waals surface area contributed by atoms with Gasteiger partial charge in [-0.15, -0.1) is 0 Å². The van der Waals surface area contributed by atoms with Crippen LogP contribution in [-0.4, -0.2) is 39.1 Å². The van der Waals surface area contributed by atoms with Gasteiger partial charge in [0.15, 0.2) is 0 Å². The summed E-state index contributed by atoms with van der Waals surface area (Å²) in [5.41, 5.74) is 0.589. The third-order valence-electron chi connectivity index (χ3n) is 2.69. The molecule has 0 aliphatic carbocycles. The molecular weight excluding hydrogens is 236 g/mol. The Kier molecular flexibility index (Phi) is 3.36. The molecule has 0 spiro atoms. The third-order valence-corrected chi connectivity index (χ3v) is 2.69. The maximum atomic E-state index is 11.8. The third kappa shape index (κ3) is 2.37. The number of nitrogens with one attached hydrogen (secondary N) is 1. The Bertz CT molecular complexity index is 465. The Morgan fingerprint density at radius 2 is 1.72 bits per heavy atom. The summed E-state index contributed by atoms with van der Waals surface area (Å²) in [5.74, 6) is 0.799. The molecule has 1 aromatic rings. The van der Waals surface area contributed by atoms with Crippen LogP contribution in [0, 0.1) is 0 Å². The predicted octanol–water partition coefficient (Wildman–Crippen LogP) is 0.167. The number of methoxy groups -OCH3 is 2. The zero-order chi connectivity index (χ0) is 13.1. The molecule has 1 aliphatic heterocycles. The number of anilines is 1. The molecule has 1 aliphatic rings. The lowest BCUT2D eigenvalue weighted by molar-refractivity contribution is -0.128. The quantitative estimate of drug-likeness (QED) is 0.830. The lowest BCUT2D eigenvalue weighted by Gasteiger charge is -2.27. The fourth-order valence-corrected chi connectivity index (χ4v) is 1.74. The molecule has 0 radical (unpaired) electrons. The first-order chi connectivity index (χ1) is 8.63. The van der Waals surface area contributed by atoms with Gasteiger partial charge in [-0.25, -0.2) is 0 Å². The second-order valence-electron chi connectivity index (χ2n) is 3.83. The number of rotatable bonds is 3. The molecule has 18 heavy (non-hydrogen) atoms. The SMILES string of the molecule is COc1cc(OC)cc(N2CC(=O)NCC2=O)c1. The molecule has 6 nitrogen and oxygen atoms in total. The lowest BCUT2D eigenvalue weighted by Crippen LogP contribution is -2.51. The number of benzene rings is 1. The first kappa shape index (κ1) is 12.2. The van der Waals surface area contributed by atoms with Crippen molar-refractivity contribution in [1.82, 2.24) is 5.32 Å². The maximum absolute atomic E-state index is 11.8. The molecule has 0 unspecified atom stereocenters. The molecule has 2 rings (SSSR count). The predicted molar refractivity (Wildman–Crippen MR) is 64.9 cm³/mol. The van der Waals surface area contributed by atoms with E-state index in [1.54, 1.807) is 18.2 Å². The van der Waals surface area contributed by atoms with E-state index in [0.717, 1.165) is 0 Å². The van der Waals surface area contributed by atoms with E-state index < -0.39 is 0 Å². The smallest absolute Gasteiger partial charge is 0.246 e. The molecule has 0 bridgehead atoms. The van der Waals surface area contributed by atoms with Crippen LogP contribution in [0.25, 0.3) is 0 Å². The molecule has 0 saturated carbocycles. The molecule has 2 amide bonds. The summed E-state index contributed by atoms with van der Waals surface area (Å²) in [7, 11) is 3.06. The minimum atomic E-state index is -0.184. The van der Waals surface area contributed by atoms with Crippen LogP contribution in [0.5, 0.6) is 11.5 Å². The highest BCUT2D eigenvalue weighted by molar-refractivity contribution is 6.04. The summed E-state index contributed by atoms with van der Waals surface area (Å²) in [6.45, 7) is 0.0213. The van der Waals surface area contributed by atoms with Crippen molar-refractivity contribution in [2.24, 2.45) is 0 Å². The number of piperazine rings is 1. The number of hydrogen-bond acceptors (Lipinski definition) is 4. The fraction of sp³-hybridized carbons (Fsp3) is 0.333. The van der Waals surface area contributed by atoms with Crippen LogP contribution >= 0.6 is 0 Å². The second kappa shape index (κ2) is 4.95. The number of carbonyl (C=O) groups excluding carboxylic acids is 2. The second-order valence-corrected chi connectivity index (χ2v) is 3.83. The van der Waals surface area contributed by atoms with Gasteiger partial charge < -0.3 is 19.7 Å². The van der Waals surface area contributed by atoms with Gasteiger partial charge in [-0.2, -0.15) is 0 Å². The van der Waals surface area contributed by atoms with Crippen molar-refractivity contribution in [3.8, 4) is 11.5 Å². The summed E-state index contributed by atoms with van der Waals surface area (Å²) in [4.78, 5) is 24.5. The van der Waals surface area contributed by atoms with Crippen molar-refractivity contribution >= 4 is 17.5 Å². The standard InChI is InChI=1S/C12H14N2O4/c1-17-9-3-8(4-10(5-9)18-2)14-7-11(15)13-6-12(14)16/h3-5H,6-7H2,1-2H3,(H,13,15). The van der Waals surface area contributed by atoms with E-state index in [4.69, 9.17) is 9.47 Å². The molecule has 0 atom stereocenters. The number of amides is 2. The van der Waals surface area contributed by atoms with Crippen molar-refractivity contribution in [3.63, 3.8) is 0 Å². The van der Waals surface area contributed by atoms with Gasteiger partial charge in [-0.1, -0.05) is 0 Å². The average molecular weight is 250 g/mol. The van der Waals surface area contributed by atoms with Crippen molar-refractivity contribution in [1.29, 1.82) is 0 Å². The monoisotopic (exact) mass is 250 g/mol. The highest BCUT2D eigenvalue weighted by Crippen LogP contribution is 2.28. The van der Waals surface area contributed by atoms with E-state index in [0.29, 0.717) is 17.2 Å². The molecule has 0 aromatic heterocycles. The van der Waals surface area contributed by atoms with E-state index >= 15 is 0 Å². The van der Waals surface area contributed by atoms with Crippen LogP contribution in [-0.2, 0) is 9.59 Å². The molecule has 1 heterocycles. The van der Waals surface area contributed by atoms with Crippen LogP contribution in [0.1, 0.15) is 0 Å². The Balaban J connectivity index is 2.36. The number of hydrogen-bond donors (Lipinski definition) is 1. The molecule has 1 N–H and O–H groups in total. The van der Waals surface area contributed by atoms with Gasteiger partial charge in [0, 0.05) is 18.2 Å². The zero-order valence-electron chi connectivity index (χ0n) is 10.2. The molecule has 96 valence electrons. The number of ether oxygens (including phenoxy) is 2. The minimum Gasteiger partial charge on any atom is -0.497 e. The first-order valence-corrected chi connectivity index (χ1v) is 5.44. The average Bonchev–Trinajstić information content (AvgIpc) is 2.40. The van der Waals surface area contributed by atoms with Gasteiger partial charge >= 0.3 is 0 Å². The van der Waals surface area contributed by atoms with Crippen molar-refractivity contribution in [2.75, 3.05) is 32.2 Å². The summed E-state index contributed by atoms with van der Waals surface area (Å²) in [5, 5.41) is 2.50. The highest BCUT2D eigenvalue weighted by atomic mass is 16.5. The zero-order valence-corrected chi connectivity index (χ0v) is 10.2. The van der Waals surface area contributed by atoms with Gasteiger partial charge in [-0.3, -0.25) is 9.59 Å². The molecule has 6 heteroatoms. The fourth-order valence-electron chi connectivity index (χ4n) is 1.74. The topological polar surface area (TPSA) is 67.9 Å². The Morgan fingerprint density at radius 3 is 2.28 bits per heavy atom. The normalized spacial score (nSPS) is 15.3. The molecule has 1 aromatic carbocycles.